The highest BCUT2D eigenvalue weighted by Crippen LogP contribution is 2.14. The van der Waals surface area contributed by atoms with Crippen molar-refractivity contribution in [3.63, 3.8) is 0 Å². The van der Waals surface area contributed by atoms with Crippen LogP contribution >= 0.6 is 11.3 Å². The first-order valence-corrected chi connectivity index (χ1v) is 6.69. The van der Waals surface area contributed by atoms with Crippen molar-refractivity contribution >= 4 is 17.3 Å². The maximum atomic E-state index is 11.0. The van der Waals surface area contributed by atoms with Gasteiger partial charge < -0.3 is 5.11 Å². The minimum Gasteiger partial charge on any atom is -0.478 e. The predicted octanol–water partition coefficient (Wildman–Crippen LogP) is 2.78. The summed E-state index contributed by atoms with van der Waals surface area (Å²) in [7, 11) is 0. The third kappa shape index (κ3) is 2.92. The molecule has 2 aromatic rings. The van der Waals surface area contributed by atoms with Gasteiger partial charge in [0.25, 0.3) is 0 Å². The zero-order valence-corrected chi connectivity index (χ0v) is 10.9. The van der Waals surface area contributed by atoms with Gasteiger partial charge in [0.2, 0.25) is 0 Å². The topological polar surface area (TPSA) is 63.1 Å². The first-order valence-electron chi connectivity index (χ1n) is 5.81. The Kier molecular flexibility index (Phi) is 4.04. The summed E-state index contributed by atoms with van der Waals surface area (Å²) in [5.74, 6) is -0.271. The average molecular weight is 262 g/mol. The van der Waals surface area contributed by atoms with E-state index in [1.165, 1.54) is 11.1 Å². The third-order valence-corrected chi connectivity index (χ3v) is 3.42. The molecular weight excluding hydrogens is 248 g/mol. The van der Waals surface area contributed by atoms with Crippen molar-refractivity contribution < 1.29 is 9.90 Å². The minimum atomic E-state index is -0.957. The van der Waals surface area contributed by atoms with Crippen LogP contribution in [0.3, 0.4) is 0 Å². The molecule has 0 unspecified atom stereocenters. The normalized spacial score (nSPS) is 10.5. The number of carbonyl (C=O) groups is 1. The standard InChI is InChI=1S/C13H14N2O2S/c1-2-4-11-10(13(16)17)8-14-12(15-11)7-9-5-3-6-18-9/h3,5-6,8H,2,4,7H2,1H3,(H,16,17). The molecule has 0 saturated carbocycles. The second-order valence-electron chi connectivity index (χ2n) is 3.96. The van der Waals surface area contributed by atoms with E-state index in [0.29, 0.717) is 24.4 Å². The quantitative estimate of drug-likeness (QED) is 0.900. The van der Waals surface area contributed by atoms with Crippen LogP contribution < -0.4 is 0 Å². The van der Waals surface area contributed by atoms with Crippen LogP contribution in [0.1, 0.15) is 40.1 Å². The Morgan fingerprint density at radius 3 is 2.94 bits per heavy atom. The van der Waals surface area contributed by atoms with Gasteiger partial charge in [0, 0.05) is 17.5 Å². The van der Waals surface area contributed by atoms with Gasteiger partial charge in [-0.2, -0.15) is 0 Å². The summed E-state index contributed by atoms with van der Waals surface area (Å²) in [6.07, 6.45) is 3.62. The van der Waals surface area contributed by atoms with Crippen LogP contribution in [0.4, 0.5) is 0 Å². The summed E-state index contributed by atoms with van der Waals surface area (Å²) in [6, 6.07) is 4.01. The fraction of sp³-hybridized carbons (Fsp3) is 0.308. The largest absolute Gasteiger partial charge is 0.478 e. The van der Waals surface area contributed by atoms with Crippen LogP contribution in [0, 0.1) is 0 Å². The zero-order chi connectivity index (χ0) is 13.0. The SMILES string of the molecule is CCCc1nc(Cc2cccs2)ncc1C(=O)O. The van der Waals surface area contributed by atoms with Crippen LogP contribution in [0.15, 0.2) is 23.7 Å². The lowest BCUT2D eigenvalue weighted by Crippen LogP contribution is -2.09. The van der Waals surface area contributed by atoms with Gasteiger partial charge >= 0.3 is 5.97 Å². The van der Waals surface area contributed by atoms with Crippen LogP contribution in [0.5, 0.6) is 0 Å². The Morgan fingerprint density at radius 1 is 1.50 bits per heavy atom. The molecule has 0 aliphatic rings. The number of carboxylic acids is 1. The summed E-state index contributed by atoms with van der Waals surface area (Å²) in [5.41, 5.74) is 0.846. The van der Waals surface area contributed by atoms with Gasteiger partial charge in [-0.25, -0.2) is 14.8 Å². The lowest BCUT2D eigenvalue weighted by atomic mass is 10.1. The van der Waals surface area contributed by atoms with Gasteiger partial charge in [-0.15, -0.1) is 11.3 Å². The minimum absolute atomic E-state index is 0.215. The van der Waals surface area contributed by atoms with E-state index in [9.17, 15) is 4.79 Å². The number of aryl methyl sites for hydroxylation is 1. The number of aromatic carboxylic acids is 1. The van der Waals surface area contributed by atoms with Crippen LogP contribution in [-0.2, 0) is 12.8 Å². The predicted molar refractivity (Wildman–Crippen MR) is 70.1 cm³/mol. The number of aromatic nitrogens is 2. The van der Waals surface area contributed by atoms with Crippen LogP contribution in [0.2, 0.25) is 0 Å². The maximum absolute atomic E-state index is 11.0. The van der Waals surface area contributed by atoms with Crippen molar-refractivity contribution in [2.45, 2.75) is 26.2 Å². The molecule has 0 aliphatic heterocycles. The van der Waals surface area contributed by atoms with Gasteiger partial charge in [-0.05, 0) is 17.9 Å². The molecule has 4 nitrogen and oxygen atoms in total. The maximum Gasteiger partial charge on any atom is 0.339 e. The Bertz CT molecular complexity index is 538. The number of carboxylic acid groups (broad SMARTS) is 1. The molecular formula is C13H14N2O2S. The number of nitrogens with zero attached hydrogens (tertiary/aromatic N) is 2. The molecule has 2 heterocycles. The fourth-order valence-corrected chi connectivity index (χ4v) is 2.42. The third-order valence-electron chi connectivity index (χ3n) is 2.55. The lowest BCUT2D eigenvalue weighted by Gasteiger charge is -2.05. The molecule has 0 bridgehead atoms. The molecule has 0 radical (unpaired) electrons. The van der Waals surface area contributed by atoms with E-state index in [2.05, 4.69) is 9.97 Å². The van der Waals surface area contributed by atoms with Gasteiger partial charge in [-0.1, -0.05) is 19.4 Å². The summed E-state index contributed by atoms with van der Waals surface area (Å²) in [6.45, 7) is 2.01. The summed E-state index contributed by atoms with van der Waals surface area (Å²) < 4.78 is 0. The fourth-order valence-electron chi connectivity index (χ4n) is 1.72. The van der Waals surface area contributed by atoms with Gasteiger partial charge in [-0.3, -0.25) is 0 Å². The number of hydrogen-bond donors (Lipinski definition) is 1. The average Bonchev–Trinajstić information content (AvgIpc) is 2.82. The second kappa shape index (κ2) is 5.73. The van der Waals surface area contributed by atoms with Crippen LogP contribution in [-0.4, -0.2) is 21.0 Å². The number of hydrogen-bond acceptors (Lipinski definition) is 4. The molecule has 0 amide bonds. The molecule has 0 fully saturated rings. The van der Waals surface area contributed by atoms with Crippen molar-refractivity contribution in [1.29, 1.82) is 0 Å². The zero-order valence-electron chi connectivity index (χ0n) is 10.1. The van der Waals surface area contributed by atoms with Crippen molar-refractivity contribution in [2.24, 2.45) is 0 Å². The number of thiophene rings is 1. The molecule has 0 aromatic carbocycles. The van der Waals surface area contributed by atoms with Gasteiger partial charge in [0.1, 0.15) is 5.82 Å². The van der Waals surface area contributed by atoms with Gasteiger partial charge in [0.05, 0.1) is 11.3 Å². The first-order chi connectivity index (χ1) is 8.70. The van der Waals surface area contributed by atoms with Gasteiger partial charge in [0.15, 0.2) is 0 Å². The molecule has 0 saturated heterocycles. The molecule has 94 valence electrons. The lowest BCUT2D eigenvalue weighted by molar-refractivity contribution is 0.0694. The molecule has 2 aromatic heterocycles. The number of rotatable bonds is 5. The second-order valence-corrected chi connectivity index (χ2v) is 4.99. The summed E-state index contributed by atoms with van der Waals surface area (Å²) in [4.78, 5) is 20.7. The van der Waals surface area contributed by atoms with Crippen molar-refractivity contribution in [1.82, 2.24) is 9.97 Å². The van der Waals surface area contributed by atoms with Crippen molar-refractivity contribution in [2.75, 3.05) is 0 Å². The van der Waals surface area contributed by atoms with Crippen molar-refractivity contribution in [3.05, 3.63) is 45.7 Å². The Hall–Kier alpha value is -1.75. The molecule has 5 heteroatoms. The molecule has 18 heavy (non-hydrogen) atoms. The summed E-state index contributed by atoms with van der Waals surface area (Å²) in [5, 5.41) is 11.1. The Labute approximate surface area is 109 Å². The monoisotopic (exact) mass is 262 g/mol. The van der Waals surface area contributed by atoms with Crippen LogP contribution in [0.25, 0.3) is 0 Å². The molecule has 0 spiro atoms. The Morgan fingerprint density at radius 2 is 2.33 bits per heavy atom. The highest BCUT2D eigenvalue weighted by molar-refractivity contribution is 7.09. The van der Waals surface area contributed by atoms with Crippen molar-refractivity contribution in [3.8, 4) is 0 Å². The molecule has 1 N–H and O–H groups in total. The smallest absolute Gasteiger partial charge is 0.339 e. The van der Waals surface area contributed by atoms with E-state index in [0.717, 1.165) is 6.42 Å². The van der Waals surface area contributed by atoms with E-state index >= 15 is 0 Å². The molecule has 0 atom stereocenters. The molecule has 2 rings (SSSR count). The Balaban J connectivity index is 2.27. The van der Waals surface area contributed by atoms with E-state index in [4.69, 9.17) is 5.11 Å². The highest BCUT2D eigenvalue weighted by atomic mass is 32.1. The van der Waals surface area contributed by atoms with E-state index in [-0.39, 0.29) is 5.56 Å². The molecule has 0 aliphatic carbocycles. The van der Waals surface area contributed by atoms with E-state index in [1.807, 2.05) is 24.4 Å². The van der Waals surface area contributed by atoms with E-state index in [1.54, 1.807) is 11.3 Å². The highest BCUT2D eigenvalue weighted by Gasteiger charge is 2.13. The summed E-state index contributed by atoms with van der Waals surface area (Å²) >= 11 is 1.65. The first kappa shape index (κ1) is 12.7. The van der Waals surface area contributed by atoms with E-state index < -0.39 is 5.97 Å².